The third kappa shape index (κ3) is 5.72. The van der Waals surface area contributed by atoms with Crippen LogP contribution in [0.25, 0.3) is 0 Å². The van der Waals surface area contributed by atoms with Gasteiger partial charge in [0.1, 0.15) is 18.2 Å². The van der Waals surface area contributed by atoms with Crippen LogP contribution in [-0.4, -0.2) is 5.91 Å². The van der Waals surface area contributed by atoms with Gasteiger partial charge in [-0.15, -0.1) is 0 Å². The molecular formula is C22H20ClFN2O2. The SMILES string of the molecule is CC(=O)Nc1ccc(NCc2ccc(OCc3ccc(F)cc3Cl)cc2)cc1. The summed E-state index contributed by atoms with van der Waals surface area (Å²) in [7, 11) is 0. The summed E-state index contributed by atoms with van der Waals surface area (Å²) in [5.74, 6) is 0.254. The standard InChI is InChI=1S/C22H20ClFN2O2/c1-15(27)26-20-8-6-19(7-9-20)25-13-16-2-10-21(11-3-16)28-14-17-4-5-18(24)12-22(17)23/h2-12,25H,13-14H2,1H3,(H,26,27). The Kier molecular flexibility index (Phi) is 6.50. The van der Waals surface area contributed by atoms with Crippen molar-refractivity contribution in [2.45, 2.75) is 20.1 Å². The van der Waals surface area contributed by atoms with Gasteiger partial charge in [-0.1, -0.05) is 29.8 Å². The molecule has 0 aliphatic carbocycles. The highest BCUT2D eigenvalue weighted by molar-refractivity contribution is 6.31. The van der Waals surface area contributed by atoms with Crippen molar-refractivity contribution in [3.8, 4) is 5.75 Å². The van der Waals surface area contributed by atoms with Crippen molar-refractivity contribution in [2.75, 3.05) is 10.6 Å². The Morgan fingerprint density at radius 1 is 1.00 bits per heavy atom. The Hall–Kier alpha value is -3.05. The summed E-state index contributed by atoms with van der Waals surface area (Å²) >= 11 is 6.01. The monoisotopic (exact) mass is 398 g/mol. The summed E-state index contributed by atoms with van der Waals surface area (Å²) in [5, 5.41) is 6.41. The topological polar surface area (TPSA) is 50.4 Å². The Morgan fingerprint density at radius 3 is 2.32 bits per heavy atom. The summed E-state index contributed by atoms with van der Waals surface area (Å²) in [4.78, 5) is 11.0. The van der Waals surface area contributed by atoms with Gasteiger partial charge in [0, 0.05) is 30.4 Å². The predicted octanol–water partition coefficient (Wildman–Crippen LogP) is 5.63. The predicted molar refractivity (Wildman–Crippen MR) is 110 cm³/mol. The molecule has 0 saturated carbocycles. The number of rotatable bonds is 7. The molecule has 0 bridgehead atoms. The quantitative estimate of drug-likeness (QED) is 0.542. The maximum Gasteiger partial charge on any atom is 0.221 e. The van der Waals surface area contributed by atoms with Crippen LogP contribution in [0.3, 0.4) is 0 Å². The van der Waals surface area contributed by atoms with Crippen molar-refractivity contribution in [3.63, 3.8) is 0 Å². The van der Waals surface area contributed by atoms with E-state index < -0.39 is 0 Å². The minimum atomic E-state index is -0.365. The molecule has 3 aromatic rings. The number of hydrogen-bond acceptors (Lipinski definition) is 3. The smallest absolute Gasteiger partial charge is 0.221 e. The number of halogens is 2. The lowest BCUT2D eigenvalue weighted by Crippen LogP contribution is -2.05. The summed E-state index contributed by atoms with van der Waals surface area (Å²) in [6, 6.07) is 19.5. The minimum absolute atomic E-state index is 0.0929. The first-order valence-electron chi connectivity index (χ1n) is 8.77. The molecule has 4 nitrogen and oxygen atoms in total. The van der Waals surface area contributed by atoms with E-state index in [1.165, 1.54) is 19.1 Å². The Balaban J connectivity index is 1.50. The number of ether oxygens (including phenoxy) is 1. The average molecular weight is 399 g/mol. The second-order valence-electron chi connectivity index (χ2n) is 6.28. The van der Waals surface area contributed by atoms with E-state index in [0.717, 1.165) is 22.5 Å². The van der Waals surface area contributed by atoms with Crippen LogP contribution in [-0.2, 0) is 17.9 Å². The number of carbonyl (C=O) groups excluding carboxylic acids is 1. The fraction of sp³-hybridized carbons (Fsp3) is 0.136. The van der Waals surface area contributed by atoms with Gasteiger partial charge in [0.25, 0.3) is 0 Å². The minimum Gasteiger partial charge on any atom is -0.489 e. The summed E-state index contributed by atoms with van der Waals surface area (Å²) < 4.78 is 18.8. The van der Waals surface area contributed by atoms with Crippen molar-refractivity contribution >= 4 is 28.9 Å². The lowest BCUT2D eigenvalue weighted by Gasteiger charge is -2.10. The van der Waals surface area contributed by atoms with Crippen LogP contribution < -0.4 is 15.4 Å². The van der Waals surface area contributed by atoms with Gasteiger partial charge in [0.2, 0.25) is 5.91 Å². The van der Waals surface area contributed by atoms with Crippen LogP contribution >= 0.6 is 11.6 Å². The zero-order chi connectivity index (χ0) is 19.9. The molecule has 6 heteroatoms. The molecule has 1 amide bonds. The van der Waals surface area contributed by atoms with Crippen LogP contribution in [0.4, 0.5) is 15.8 Å². The van der Waals surface area contributed by atoms with Crippen LogP contribution in [0, 0.1) is 5.82 Å². The first-order valence-corrected chi connectivity index (χ1v) is 9.14. The number of amides is 1. The van der Waals surface area contributed by atoms with Crippen molar-refractivity contribution in [3.05, 3.63) is 88.7 Å². The molecule has 0 saturated heterocycles. The van der Waals surface area contributed by atoms with E-state index in [-0.39, 0.29) is 18.3 Å². The van der Waals surface area contributed by atoms with Gasteiger partial charge < -0.3 is 15.4 Å². The number of hydrogen-bond donors (Lipinski definition) is 2. The van der Waals surface area contributed by atoms with E-state index in [2.05, 4.69) is 10.6 Å². The molecule has 0 atom stereocenters. The van der Waals surface area contributed by atoms with Crippen LogP contribution in [0.2, 0.25) is 5.02 Å². The molecule has 0 aliphatic rings. The molecule has 0 aliphatic heterocycles. The molecule has 2 N–H and O–H groups in total. The van der Waals surface area contributed by atoms with Gasteiger partial charge in [0.05, 0.1) is 5.02 Å². The Bertz CT molecular complexity index is 944. The molecule has 28 heavy (non-hydrogen) atoms. The highest BCUT2D eigenvalue weighted by Crippen LogP contribution is 2.21. The second-order valence-corrected chi connectivity index (χ2v) is 6.69. The molecule has 0 aromatic heterocycles. The number of nitrogens with one attached hydrogen (secondary N) is 2. The van der Waals surface area contributed by atoms with E-state index in [0.29, 0.717) is 17.3 Å². The largest absolute Gasteiger partial charge is 0.489 e. The highest BCUT2D eigenvalue weighted by atomic mass is 35.5. The van der Waals surface area contributed by atoms with Gasteiger partial charge >= 0.3 is 0 Å². The fourth-order valence-corrected chi connectivity index (χ4v) is 2.80. The number of anilines is 2. The molecule has 0 fully saturated rings. The van der Waals surface area contributed by atoms with Crippen molar-refractivity contribution in [2.24, 2.45) is 0 Å². The third-order valence-electron chi connectivity index (χ3n) is 4.03. The first-order chi connectivity index (χ1) is 13.5. The van der Waals surface area contributed by atoms with Crippen LogP contribution in [0.1, 0.15) is 18.1 Å². The van der Waals surface area contributed by atoms with Crippen molar-refractivity contribution in [1.82, 2.24) is 0 Å². The Morgan fingerprint density at radius 2 is 1.68 bits per heavy atom. The normalized spacial score (nSPS) is 10.4. The lowest BCUT2D eigenvalue weighted by atomic mass is 10.2. The van der Waals surface area contributed by atoms with Crippen LogP contribution in [0.5, 0.6) is 5.75 Å². The Labute approximate surface area is 168 Å². The summed E-state index contributed by atoms with van der Waals surface area (Å²) in [6.07, 6.45) is 0. The lowest BCUT2D eigenvalue weighted by molar-refractivity contribution is -0.114. The van der Waals surface area contributed by atoms with Gasteiger partial charge in [0.15, 0.2) is 0 Å². The van der Waals surface area contributed by atoms with E-state index in [4.69, 9.17) is 16.3 Å². The average Bonchev–Trinajstić information content (AvgIpc) is 2.67. The molecule has 144 valence electrons. The zero-order valence-corrected chi connectivity index (χ0v) is 16.1. The van der Waals surface area contributed by atoms with Gasteiger partial charge in [-0.25, -0.2) is 4.39 Å². The third-order valence-corrected chi connectivity index (χ3v) is 4.39. The van der Waals surface area contributed by atoms with Crippen molar-refractivity contribution < 1.29 is 13.9 Å². The highest BCUT2D eigenvalue weighted by Gasteiger charge is 2.04. The molecule has 0 unspecified atom stereocenters. The molecule has 3 aromatic carbocycles. The first kappa shape index (κ1) is 19.7. The summed E-state index contributed by atoms with van der Waals surface area (Å²) in [5.41, 5.74) is 3.55. The number of carbonyl (C=O) groups is 1. The molecule has 3 rings (SSSR count). The molecule has 0 radical (unpaired) electrons. The fourth-order valence-electron chi connectivity index (χ4n) is 2.58. The van der Waals surface area contributed by atoms with Gasteiger partial charge in [-0.3, -0.25) is 4.79 Å². The molecule has 0 heterocycles. The van der Waals surface area contributed by atoms with Crippen LogP contribution in [0.15, 0.2) is 66.7 Å². The van der Waals surface area contributed by atoms with E-state index in [1.54, 1.807) is 6.07 Å². The molecular weight excluding hydrogens is 379 g/mol. The second kappa shape index (κ2) is 9.24. The van der Waals surface area contributed by atoms with Gasteiger partial charge in [-0.2, -0.15) is 0 Å². The van der Waals surface area contributed by atoms with E-state index in [9.17, 15) is 9.18 Å². The van der Waals surface area contributed by atoms with Gasteiger partial charge in [-0.05, 0) is 54.1 Å². The molecule has 0 spiro atoms. The van der Waals surface area contributed by atoms with E-state index in [1.807, 2.05) is 48.5 Å². The maximum absolute atomic E-state index is 13.1. The maximum atomic E-state index is 13.1. The van der Waals surface area contributed by atoms with Crippen molar-refractivity contribution in [1.29, 1.82) is 0 Å². The van der Waals surface area contributed by atoms with E-state index >= 15 is 0 Å². The zero-order valence-electron chi connectivity index (χ0n) is 15.3. The number of benzene rings is 3. The summed E-state index contributed by atoms with van der Waals surface area (Å²) in [6.45, 7) is 2.41.